The lowest BCUT2D eigenvalue weighted by atomic mass is 10.1. The second kappa shape index (κ2) is 7.07. The van der Waals surface area contributed by atoms with E-state index in [2.05, 4.69) is 5.73 Å². The molecule has 0 atom stereocenters. The molecule has 0 bridgehead atoms. The number of hydrogen-bond donors (Lipinski definition) is 1. The minimum absolute atomic E-state index is 0.165. The van der Waals surface area contributed by atoms with Crippen LogP contribution in [0.25, 0.3) is 22.3 Å². The molecule has 1 amide bonds. The maximum absolute atomic E-state index is 13.1. The standard InChI is InChI=1S/C19H16FNO2.CH5N/c1-12-9-14-10-17(13-4-6-15(20)7-5-13)23-18(14)11-16(12)21-8-2-3-19(21)22;1-2/h4-7,9-11H,2-3,8H2,1H3;2H2,1H3. The Morgan fingerprint density at radius 1 is 1.12 bits per heavy atom. The lowest BCUT2D eigenvalue weighted by molar-refractivity contribution is -0.117. The van der Waals surface area contributed by atoms with Crippen LogP contribution < -0.4 is 10.6 Å². The Kier molecular flexibility index (Phi) is 4.86. The molecular formula is C20H21FN2O2. The minimum Gasteiger partial charge on any atom is -0.456 e. The molecule has 25 heavy (non-hydrogen) atoms. The Bertz CT molecular complexity index is 900. The highest BCUT2D eigenvalue weighted by Gasteiger charge is 2.24. The first-order chi connectivity index (χ1) is 12.1. The van der Waals surface area contributed by atoms with E-state index in [-0.39, 0.29) is 11.7 Å². The molecule has 2 aromatic carbocycles. The Morgan fingerprint density at radius 3 is 2.48 bits per heavy atom. The number of furan rings is 1. The Balaban J connectivity index is 0.000000880. The van der Waals surface area contributed by atoms with Crippen molar-refractivity contribution in [2.45, 2.75) is 19.8 Å². The molecule has 3 aromatic rings. The van der Waals surface area contributed by atoms with Crippen LogP contribution in [0.1, 0.15) is 18.4 Å². The molecule has 2 N–H and O–H groups in total. The second-order valence-corrected chi connectivity index (χ2v) is 5.94. The van der Waals surface area contributed by atoms with Crippen LogP contribution in [0.4, 0.5) is 10.1 Å². The third kappa shape index (κ3) is 3.28. The number of benzene rings is 2. The van der Waals surface area contributed by atoms with E-state index in [0.29, 0.717) is 12.2 Å². The third-order valence-electron chi connectivity index (χ3n) is 4.33. The van der Waals surface area contributed by atoms with Crippen LogP contribution in [-0.4, -0.2) is 19.5 Å². The van der Waals surface area contributed by atoms with Gasteiger partial charge in [0.05, 0.1) is 5.69 Å². The van der Waals surface area contributed by atoms with Crippen LogP contribution in [-0.2, 0) is 4.79 Å². The molecule has 1 saturated heterocycles. The van der Waals surface area contributed by atoms with Crippen molar-refractivity contribution in [2.75, 3.05) is 18.5 Å². The smallest absolute Gasteiger partial charge is 0.227 e. The second-order valence-electron chi connectivity index (χ2n) is 5.94. The van der Waals surface area contributed by atoms with Gasteiger partial charge in [-0.15, -0.1) is 0 Å². The molecule has 130 valence electrons. The lowest BCUT2D eigenvalue weighted by Gasteiger charge is -2.18. The fourth-order valence-corrected chi connectivity index (χ4v) is 3.14. The molecule has 5 heteroatoms. The molecule has 0 aliphatic carbocycles. The number of carbonyl (C=O) groups is 1. The highest BCUT2D eigenvalue weighted by atomic mass is 19.1. The highest BCUT2D eigenvalue weighted by Crippen LogP contribution is 2.34. The Labute approximate surface area is 146 Å². The predicted molar refractivity (Wildman–Crippen MR) is 98.0 cm³/mol. The molecule has 0 unspecified atom stereocenters. The maximum Gasteiger partial charge on any atom is 0.227 e. The van der Waals surface area contributed by atoms with Gasteiger partial charge in [-0.1, -0.05) is 0 Å². The molecule has 1 aliphatic heterocycles. The summed E-state index contributed by atoms with van der Waals surface area (Å²) in [6, 6.07) is 12.2. The van der Waals surface area contributed by atoms with Crippen LogP contribution in [0, 0.1) is 12.7 Å². The summed E-state index contributed by atoms with van der Waals surface area (Å²) >= 11 is 0. The van der Waals surface area contributed by atoms with Crippen LogP contribution in [0.5, 0.6) is 0 Å². The lowest BCUT2D eigenvalue weighted by Crippen LogP contribution is -2.24. The van der Waals surface area contributed by atoms with E-state index >= 15 is 0 Å². The molecule has 1 fully saturated rings. The quantitative estimate of drug-likeness (QED) is 0.759. The molecule has 1 aliphatic rings. The normalized spacial score (nSPS) is 13.9. The number of fused-ring (bicyclic) bond motifs is 1. The molecule has 4 rings (SSSR count). The monoisotopic (exact) mass is 340 g/mol. The van der Waals surface area contributed by atoms with Gasteiger partial charge in [0.15, 0.2) is 0 Å². The predicted octanol–water partition coefficient (Wildman–Crippen LogP) is 4.25. The number of aryl methyl sites for hydroxylation is 1. The number of hydrogen-bond acceptors (Lipinski definition) is 3. The SMILES string of the molecule is CN.Cc1cc2cc(-c3ccc(F)cc3)oc2cc1N1CCCC1=O. The van der Waals surface area contributed by atoms with Crippen LogP contribution in [0.2, 0.25) is 0 Å². The van der Waals surface area contributed by atoms with Crippen LogP contribution >= 0.6 is 0 Å². The molecule has 1 aromatic heterocycles. The van der Waals surface area contributed by atoms with Gasteiger partial charge in [0.1, 0.15) is 17.2 Å². The first kappa shape index (κ1) is 17.2. The van der Waals surface area contributed by atoms with Crippen LogP contribution in [0.3, 0.4) is 0 Å². The summed E-state index contributed by atoms with van der Waals surface area (Å²) in [5.41, 5.74) is 8.04. The summed E-state index contributed by atoms with van der Waals surface area (Å²) in [5, 5.41) is 0.984. The van der Waals surface area contributed by atoms with Crippen molar-refractivity contribution >= 4 is 22.6 Å². The van der Waals surface area contributed by atoms with Gasteiger partial charge in [-0.05, 0) is 62.4 Å². The molecule has 4 nitrogen and oxygen atoms in total. The maximum atomic E-state index is 13.1. The number of nitrogens with two attached hydrogens (primary N) is 1. The largest absolute Gasteiger partial charge is 0.456 e. The van der Waals surface area contributed by atoms with Gasteiger partial charge in [0.2, 0.25) is 5.91 Å². The summed E-state index contributed by atoms with van der Waals surface area (Å²) in [5.74, 6) is 0.595. The Morgan fingerprint density at radius 2 is 1.84 bits per heavy atom. The van der Waals surface area contributed by atoms with E-state index in [0.717, 1.165) is 40.7 Å². The van der Waals surface area contributed by atoms with Crippen LogP contribution in [0.15, 0.2) is 46.9 Å². The number of rotatable bonds is 2. The average Bonchev–Trinajstić information content (AvgIpc) is 3.22. The van der Waals surface area contributed by atoms with Crippen molar-refractivity contribution in [2.24, 2.45) is 5.73 Å². The van der Waals surface area contributed by atoms with Crippen molar-refractivity contribution < 1.29 is 13.6 Å². The van der Waals surface area contributed by atoms with Crippen molar-refractivity contribution in [1.82, 2.24) is 0 Å². The van der Waals surface area contributed by atoms with E-state index in [1.807, 2.05) is 30.0 Å². The van der Waals surface area contributed by atoms with Gasteiger partial charge in [0.25, 0.3) is 0 Å². The van der Waals surface area contributed by atoms with Crippen molar-refractivity contribution in [3.8, 4) is 11.3 Å². The van der Waals surface area contributed by atoms with Gasteiger partial charge in [-0.3, -0.25) is 4.79 Å². The van der Waals surface area contributed by atoms with Gasteiger partial charge in [-0.25, -0.2) is 4.39 Å². The zero-order valence-corrected chi connectivity index (χ0v) is 14.4. The summed E-state index contributed by atoms with van der Waals surface area (Å²) in [6.07, 6.45) is 1.51. The molecule has 0 spiro atoms. The summed E-state index contributed by atoms with van der Waals surface area (Å²) < 4.78 is 19.0. The first-order valence-electron chi connectivity index (χ1n) is 8.30. The number of nitrogens with zero attached hydrogens (tertiary/aromatic N) is 1. The number of halogens is 1. The van der Waals surface area contributed by atoms with E-state index in [9.17, 15) is 9.18 Å². The summed E-state index contributed by atoms with van der Waals surface area (Å²) in [6.45, 7) is 2.77. The molecule has 2 heterocycles. The fraction of sp³-hybridized carbons (Fsp3) is 0.250. The van der Waals surface area contributed by atoms with Crippen molar-refractivity contribution in [3.63, 3.8) is 0 Å². The molecular weight excluding hydrogens is 319 g/mol. The summed E-state index contributed by atoms with van der Waals surface area (Å²) in [4.78, 5) is 13.8. The number of carbonyl (C=O) groups excluding carboxylic acids is 1. The Hall–Kier alpha value is -2.66. The van der Waals surface area contributed by atoms with E-state index in [4.69, 9.17) is 4.42 Å². The van der Waals surface area contributed by atoms with Gasteiger partial charge in [-0.2, -0.15) is 0 Å². The van der Waals surface area contributed by atoms with Crippen molar-refractivity contribution in [3.05, 3.63) is 53.8 Å². The molecule has 0 saturated carbocycles. The van der Waals surface area contributed by atoms with Gasteiger partial charge < -0.3 is 15.1 Å². The van der Waals surface area contributed by atoms with E-state index in [1.165, 1.54) is 19.2 Å². The van der Waals surface area contributed by atoms with Gasteiger partial charge >= 0.3 is 0 Å². The zero-order chi connectivity index (χ0) is 18.0. The highest BCUT2D eigenvalue weighted by molar-refractivity contribution is 5.98. The van der Waals surface area contributed by atoms with E-state index in [1.54, 1.807) is 12.1 Å². The first-order valence-corrected chi connectivity index (χ1v) is 8.30. The molecule has 0 radical (unpaired) electrons. The van der Waals surface area contributed by atoms with Crippen molar-refractivity contribution in [1.29, 1.82) is 0 Å². The topological polar surface area (TPSA) is 59.5 Å². The minimum atomic E-state index is -0.268. The summed E-state index contributed by atoms with van der Waals surface area (Å²) in [7, 11) is 1.50. The fourth-order valence-electron chi connectivity index (χ4n) is 3.14. The third-order valence-corrected chi connectivity index (χ3v) is 4.33. The number of amides is 1. The van der Waals surface area contributed by atoms with E-state index < -0.39 is 0 Å². The van der Waals surface area contributed by atoms with Gasteiger partial charge in [0, 0.05) is 30.0 Å². The zero-order valence-electron chi connectivity index (χ0n) is 14.4. The number of anilines is 1. The average molecular weight is 340 g/mol.